The number of nitrogens with one attached hydrogen (secondary N) is 1. The van der Waals surface area contributed by atoms with E-state index in [1.54, 1.807) is 6.08 Å². The van der Waals surface area contributed by atoms with E-state index in [1.807, 2.05) is 48.6 Å². The highest BCUT2D eigenvalue weighted by atomic mass is 35.5. The minimum atomic E-state index is -0.847. The molecule has 0 spiro atoms. The average molecular weight is 584 g/mol. The van der Waals surface area contributed by atoms with Crippen molar-refractivity contribution in [2.75, 3.05) is 0 Å². The van der Waals surface area contributed by atoms with Gasteiger partial charge in [-0.2, -0.15) is 0 Å². The van der Waals surface area contributed by atoms with Gasteiger partial charge in [-0.1, -0.05) is 102 Å². The van der Waals surface area contributed by atoms with Gasteiger partial charge in [0.25, 0.3) is 0 Å². The number of rotatable bonds is 8. The maximum Gasteiger partial charge on any atom is 0.329 e. The molecule has 0 radical (unpaired) electrons. The van der Waals surface area contributed by atoms with Crippen LogP contribution in [0.15, 0.2) is 60.7 Å². The molecule has 1 heterocycles. The van der Waals surface area contributed by atoms with E-state index in [9.17, 15) is 9.59 Å². The lowest BCUT2D eigenvalue weighted by atomic mass is 9.78. The molecular formula is C36H40ClN2O3+. The van der Waals surface area contributed by atoms with Crippen LogP contribution in [-0.2, 0) is 38.0 Å². The van der Waals surface area contributed by atoms with Gasteiger partial charge < -0.3 is 10.1 Å². The number of aromatic nitrogens is 1. The molecule has 1 aliphatic carbocycles. The fraction of sp³-hybridized carbons (Fsp3) is 0.361. The van der Waals surface area contributed by atoms with Crippen LogP contribution in [-0.4, -0.2) is 22.9 Å². The molecule has 42 heavy (non-hydrogen) atoms. The molecule has 5 nitrogen and oxygen atoms in total. The summed E-state index contributed by atoms with van der Waals surface area (Å²) in [5.41, 5.74) is 6.26. The van der Waals surface area contributed by atoms with Crippen molar-refractivity contribution in [3.05, 3.63) is 111 Å². The summed E-state index contributed by atoms with van der Waals surface area (Å²) in [6.45, 7) is 14.4. The van der Waals surface area contributed by atoms with Gasteiger partial charge >= 0.3 is 5.97 Å². The number of carbonyl (C=O) groups excluding carboxylic acids is 2. The Balaban J connectivity index is 1.78. The van der Waals surface area contributed by atoms with Crippen LogP contribution >= 0.6 is 11.6 Å². The fourth-order valence-electron chi connectivity index (χ4n) is 4.86. The summed E-state index contributed by atoms with van der Waals surface area (Å²) < 4.78 is 6.33. The van der Waals surface area contributed by atoms with E-state index in [0.717, 1.165) is 39.1 Å². The van der Waals surface area contributed by atoms with Crippen molar-refractivity contribution in [3.63, 3.8) is 0 Å². The lowest BCUT2D eigenvalue weighted by Gasteiger charge is -2.29. The quantitative estimate of drug-likeness (QED) is 0.167. The molecule has 0 aliphatic heterocycles. The van der Waals surface area contributed by atoms with Gasteiger partial charge in [-0.05, 0) is 33.1 Å². The highest BCUT2D eigenvalue weighted by Crippen LogP contribution is 2.35. The van der Waals surface area contributed by atoms with E-state index in [1.165, 1.54) is 6.92 Å². The van der Waals surface area contributed by atoms with Gasteiger partial charge in [0.05, 0.1) is 6.08 Å². The number of benzene rings is 2. The minimum absolute atomic E-state index is 0.130. The number of fused-ring (bicyclic) bond motifs is 1. The predicted octanol–water partition coefficient (Wildman–Crippen LogP) is 7.75. The highest BCUT2D eigenvalue weighted by molar-refractivity contribution is 6.30. The zero-order chi connectivity index (χ0) is 30.7. The molecule has 0 fully saturated rings. The first-order valence-corrected chi connectivity index (χ1v) is 14.7. The highest BCUT2D eigenvalue weighted by Gasteiger charge is 2.30. The summed E-state index contributed by atoms with van der Waals surface area (Å²) >= 11 is 6.70. The zero-order valence-corrected chi connectivity index (χ0v) is 26.3. The van der Waals surface area contributed by atoms with Crippen molar-refractivity contribution in [1.82, 2.24) is 10.3 Å². The topological polar surface area (TPSA) is 68.3 Å². The molecule has 218 valence electrons. The van der Waals surface area contributed by atoms with Crippen LogP contribution in [0.3, 0.4) is 0 Å². The molecule has 4 rings (SSSR count). The van der Waals surface area contributed by atoms with E-state index in [-0.39, 0.29) is 16.7 Å². The number of pyridine rings is 1. The van der Waals surface area contributed by atoms with Crippen LogP contribution in [0.2, 0.25) is 5.15 Å². The standard InChI is InChI=1S/C36H39ClN2O3/c1-23(40)38-31(17-24-13-9-8-10-14-24)34(41)42-32(21-27-18-25-15-11-12-16-30(25)39-33(27)37)26-19-28(35(2,3)4)22-29(20-26)36(5,6)7/h8-10,12-16,18-20,22,31-32H,17,21H2,1-7H3/p+1/t31-,32+/m0/s1. The Bertz CT molecular complexity index is 1480. The van der Waals surface area contributed by atoms with E-state index in [4.69, 9.17) is 16.3 Å². The van der Waals surface area contributed by atoms with Crippen LogP contribution in [0.5, 0.6) is 0 Å². The third-order valence-corrected chi connectivity index (χ3v) is 7.68. The maximum absolute atomic E-state index is 13.8. The molecule has 0 bridgehead atoms. The number of hydrogen-bond acceptors (Lipinski definition) is 4. The third-order valence-electron chi connectivity index (χ3n) is 7.35. The number of esters is 1. The van der Waals surface area contributed by atoms with Gasteiger partial charge in [0.15, 0.2) is 5.69 Å². The Morgan fingerprint density at radius 1 is 0.952 bits per heavy atom. The number of nitrogens with zero attached hydrogens (tertiary/aromatic N) is 1. The second-order valence-corrected chi connectivity index (χ2v) is 13.3. The number of halogens is 1. The molecule has 1 aliphatic rings. The van der Waals surface area contributed by atoms with Gasteiger partial charge in [-0.3, -0.25) is 4.79 Å². The summed E-state index contributed by atoms with van der Waals surface area (Å²) in [5, 5.41) is 3.16. The number of allylic oxidation sites excluding steroid dienone is 2. The van der Waals surface area contributed by atoms with Crippen molar-refractivity contribution in [2.45, 2.75) is 84.3 Å². The number of carbonyl (C=O) groups is 2. The molecule has 0 unspecified atom stereocenters. The van der Waals surface area contributed by atoms with Crippen LogP contribution < -0.4 is 5.32 Å². The smallest absolute Gasteiger partial charge is 0.329 e. The van der Waals surface area contributed by atoms with E-state index in [0.29, 0.717) is 18.0 Å². The van der Waals surface area contributed by atoms with Crippen molar-refractivity contribution >= 4 is 35.6 Å². The van der Waals surface area contributed by atoms with Crippen LogP contribution in [0.1, 0.15) is 93.6 Å². The number of amides is 1. The van der Waals surface area contributed by atoms with Crippen LogP contribution in [0.25, 0.3) is 12.2 Å². The molecule has 1 amide bonds. The molecule has 2 atom stereocenters. The summed E-state index contributed by atoms with van der Waals surface area (Å²) in [6.07, 6.45) is 8.60. The Morgan fingerprint density at radius 2 is 1.60 bits per heavy atom. The van der Waals surface area contributed by atoms with Gasteiger partial charge in [0.2, 0.25) is 5.91 Å². The molecular weight excluding hydrogens is 544 g/mol. The third kappa shape index (κ3) is 7.94. The second-order valence-electron chi connectivity index (χ2n) is 13.0. The summed E-state index contributed by atoms with van der Waals surface area (Å²) in [6, 6.07) is 17.2. The normalized spacial score (nSPS) is 14.0. The minimum Gasteiger partial charge on any atom is -0.456 e. The van der Waals surface area contributed by atoms with Gasteiger partial charge in [0.1, 0.15) is 35.0 Å². The van der Waals surface area contributed by atoms with Crippen molar-refractivity contribution in [2.24, 2.45) is 0 Å². The molecule has 0 saturated heterocycles. The molecule has 2 aromatic carbocycles. The van der Waals surface area contributed by atoms with Crippen LogP contribution in [0, 0.1) is 6.08 Å². The zero-order valence-electron chi connectivity index (χ0n) is 25.5. The monoisotopic (exact) mass is 583 g/mol. The molecule has 1 aromatic heterocycles. The van der Waals surface area contributed by atoms with E-state index >= 15 is 0 Å². The lowest BCUT2D eigenvalue weighted by Crippen LogP contribution is -2.43. The molecule has 0 saturated carbocycles. The SMILES string of the molecule is CC(=O)N[C@@H](Cc1ccccc1)C(=O)O[C@H](Cc1cc2c(nc1Cl)C=C[C+]=C2)c1cc(C(C)(C)C)cc(C(C)(C)C)c1. The fourth-order valence-corrected chi connectivity index (χ4v) is 5.08. The van der Waals surface area contributed by atoms with Crippen molar-refractivity contribution < 1.29 is 14.3 Å². The Morgan fingerprint density at radius 3 is 2.19 bits per heavy atom. The van der Waals surface area contributed by atoms with Gasteiger partial charge in [-0.15, -0.1) is 0 Å². The van der Waals surface area contributed by atoms with Crippen molar-refractivity contribution in [3.8, 4) is 0 Å². The lowest BCUT2D eigenvalue weighted by molar-refractivity contribution is -0.153. The summed E-state index contributed by atoms with van der Waals surface area (Å²) in [5.74, 6) is -0.803. The average Bonchev–Trinajstić information content (AvgIpc) is 2.91. The largest absolute Gasteiger partial charge is 0.456 e. The number of hydrogen-bond donors (Lipinski definition) is 1. The summed E-state index contributed by atoms with van der Waals surface area (Å²) in [4.78, 5) is 30.5. The first kappa shape index (κ1) is 31.2. The number of ether oxygens (including phenoxy) is 1. The second kappa shape index (κ2) is 12.6. The molecule has 1 N–H and O–H groups in total. The van der Waals surface area contributed by atoms with Gasteiger partial charge in [-0.25, -0.2) is 9.78 Å². The Kier molecular flexibility index (Phi) is 9.35. The van der Waals surface area contributed by atoms with E-state index < -0.39 is 18.1 Å². The first-order chi connectivity index (χ1) is 19.7. The van der Waals surface area contributed by atoms with E-state index in [2.05, 4.69) is 76.1 Å². The Labute approximate surface area is 255 Å². The van der Waals surface area contributed by atoms with Crippen LogP contribution in [0.4, 0.5) is 0 Å². The first-order valence-electron chi connectivity index (χ1n) is 14.3. The van der Waals surface area contributed by atoms with Crippen molar-refractivity contribution in [1.29, 1.82) is 0 Å². The maximum atomic E-state index is 13.8. The predicted molar refractivity (Wildman–Crippen MR) is 170 cm³/mol. The molecule has 6 heteroatoms. The summed E-state index contributed by atoms with van der Waals surface area (Å²) in [7, 11) is 0. The molecule has 3 aromatic rings. The Hall–Kier alpha value is -3.79. The van der Waals surface area contributed by atoms with Gasteiger partial charge in [0, 0.05) is 37.5 Å².